The molecule has 0 bridgehead atoms. The largest absolute Gasteiger partial charge is 0.398 e. The molecule has 0 saturated heterocycles. The molecule has 0 aromatic heterocycles. The summed E-state index contributed by atoms with van der Waals surface area (Å²) in [4.78, 5) is 2.12. The Hall–Kier alpha value is -1.13. The Morgan fingerprint density at radius 1 is 1.41 bits per heavy atom. The monoisotopic (exact) mass is 238 g/mol. The number of anilines is 1. The van der Waals surface area contributed by atoms with Crippen molar-refractivity contribution in [1.82, 2.24) is 4.90 Å². The van der Waals surface area contributed by atoms with Gasteiger partial charge in [-0.3, -0.25) is 4.90 Å². The topological polar surface area (TPSA) is 49.5 Å². The second kappa shape index (κ2) is 5.47. The van der Waals surface area contributed by atoms with Gasteiger partial charge in [0.15, 0.2) is 0 Å². The highest BCUT2D eigenvalue weighted by atomic mass is 19.1. The minimum atomic E-state index is -0.257. The Morgan fingerprint density at radius 2 is 2.18 bits per heavy atom. The molecule has 0 amide bonds. The van der Waals surface area contributed by atoms with Crippen molar-refractivity contribution in [2.45, 2.75) is 31.8 Å². The van der Waals surface area contributed by atoms with Crippen molar-refractivity contribution < 1.29 is 9.50 Å². The molecule has 1 saturated carbocycles. The first-order chi connectivity index (χ1) is 8.22. The second-order valence-electron chi connectivity index (χ2n) is 4.59. The van der Waals surface area contributed by atoms with Crippen LogP contribution in [0.1, 0.15) is 24.8 Å². The van der Waals surface area contributed by atoms with Crippen LogP contribution in [-0.4, -0.2) is 29.2 Å². The maximum absolute atomic E-state index is 13.7. The lowest BCUT2D eigenvalue weighted by atomic mass is 9.91. The average Bonchev–Trinajstić information content (AvgIpc) is 2.21. The molecule has 0 radical (unpaired) electrons. The van der Waals surface area contributed by atoms with Gasteiger partial charge in [0, 0.05) is 30.4 Å². The minimum Gasteiger partial charge on any atom is -0.398 e. The molecular weight excluding hydrogens is 219 g/mol. The molecule has 4 heteroatoms. The number of halogens is 1. The molecule has 0 aliphatic heterocycles. The third kappa shape index (κ3) is 2.76. The summed E-state index contributed by atoms with van der Waals surface area (Å²) in [7, 11) is 0. The molecule has 1 fully saturated rings. The molecule has 3 N–H and O–H groups in total. The molecule has 0 spiro atoms. The van der Waals surface area contributed by atoms with Crippen LogP contribution in [-0.2, 0) is 6.54 Å². The van der Waals surface area contributed by atoms with Crippen molar-refractivity contribution in [3.05, 3.63) is 29.6 Å². The number of aliphatic hydroxyl groups excluding tert-OH is 1. The molecule has 1 aromatic rings. The highest BCUT2D eigenvalue weighted by molar-refractivity contribution is 5.47. The molecule has 1 aromatic carbocycles. The molecule has 1 aliphatic rings. The predicted molar refractivity (Wildman–Crippen MR) is 65.9 cm³/mol. The van der Waals surface area contributed by atoms with Crippen molar-refractivity contribution in [2.75, 3.05) is 18.9 Å². The van der Waals surface area contributed by atoms with E-state index in [1.54, 1.807) is 12.1 Å². The van der Waals surface area contributed by atoms with Gasteiger partial charge in [-0.1, -0.05) is 12.5 Å². The van der Waals surface area contributed by atoms with E-state index in [0.29, 0.717) is 30.4 Å². The number of nitrogens with zero attached hydrogens (tertiary/aromatic N) is 1. The van der Waals surface area contributed by atoms with E-state index in [2.05, 4.69) is 4.90 Å². The third-order valence-electron chi connectivity index (χ3n) is 3.49. The second-order valence-corrected chi connectivity index (χ2v) is 4.59. The number of hydrogen-bond acceptors (Lipinski definition) is 3. The van der Waals surface area contributed by atoms with Crippen LogP contribution in [0.25, 0.3) is 0 Å². The minimum absolute atomic E-state index is 0.102. The molecule has 2 rings (SSSR count). The molecular formula is C13H19FN2O. The first kappa shape index (κ1) is 12.3. The maximum Gasteiger partial charge on any atom is 0.129 e. The van der Waals surface area contributed by atoms with Gasteiger partial charge in [0.05, 0.1) is 6.61 Å². The average molecular weight is 238 g/mol. The van der Waals surface area contributed by atoms with Gasteiger partial charge in [-0.05, 0) is 25.0 Å². The third-order valence-corrected chi connectivity index (χ3v) is 3.49. The van der Waals surface area contributed by atoms with Crippen LogP contribution in [0.3, 0.4) is 0 Å². The van der Waals surface area contributed by atoms with Gasteiger partial charge in [0.25, 0.3) is 0 Å². The molecule has 3 nitrogen and oxygen atoms in total. The summed E-state index contributed by atoms with van der Waals surface area (Å²) in [6.07, 6.45) is 3.49. The molecule has 17 heavy (non-hydrogen) atoms. The summed E-state index contributed by atoms with van der Waals surface area (Å²) in [6.45, 7) is 1.17. The standard InChI is InChI=1S/C13H19FN2O/c14-12-5-2-6-13(15)11(12)9-16(7-8-17)10-3-1-4-10/h2,5-6,10,17H,1,3-4,7-9,15H2. The number of aliphatic hydroxyl groups is 1. The fraction of sp³-hybridized carbons (Fsp3) is 0.538. The first-order valence-electron chi connectivity index (χ1n) is 6.10. The summed E-state index contributed by atoms with van der Waals surface area (Å²) in [5, 5.41) is 9.06. The van der Waals surface area contributed by atoms with Crippen LogP contribution in [0, 0.1) is 5.82 Å². The van der Waals surface area contributed by atoms with Gasteiger partial charge in [0.1, 0.15) is 5.82 Å². The molecule has 0 unspecified atom stereocenters. The Morgan fingerprint density at radius 3 is 2.71 bits per heavy atom. The zero-order valence-electron chi connectivity index (χ0n) is 9.90. The van der Waals surface area contributed by atoms with Gasteiger partial charge in [-0.15, -0.1) is 0 Å². The highest BCUT2D eigenvalue weighted by Crippen LogP contribution is 2.27. The summed E-state index contributed by atoms with van der Waals surface area (Å²) < 4.78 is 13.7. The molecule has 1 aliphatic carbocycles. The summed E-state index contributed by atoms with van der Waals surface area (Å²) in [5.74, 6) is -0.257. The molecule has 0 heterocycles. The highest BCUT2D eigenvalue weighted by Gasteiger charge is 2.25. The predicted octanol–water partition coefficient (Wildman–Crippen LogP) is 1.75. The normalized spacial score (nSPS) is 16.2. The summed E-state index contributed by atoms with van der Waals surface area (Å²) >= 11 is 0. The number of hydrogen-bond donors (Lipinski definition) is 2. The molecule has 94 valence electrons. The van der Waals surface area contributed by atoms with E-state index in [0.717, 1.165) is 12.8 Å². The van der Waals surface area contributed by atoms with Gasteiger partial charge in [-0.2, -0.15) is 0 Å². The fourth-order valence-corrected chi connectivity index (χ4v) is 2.22. The van der Waals surface area contributed by atoms with Gasteiger partial charge in [0.2, 0.25) is 0 Å². The Kier molecular flexibility index (Phi) is 3.97. The van der Waals surface area contributed by atoms with E-state index >= 15 is 0 Å². The lowest BCUT2D eigenvalue weighted by Crippen LogP contribution is -2.41. The lowest BCUT2D eigenvalue weighted by Gasteiger charge is -2.37. The Balaban J connectivity index is 2.10. The Bertz CT molecular complexity index is 359. The van der Waals surface area contributed by atoms with Gasteiger partial charge in [-0.25, -0.2) is 4.39 Å². The molecule has 0 atom stereocenters. The van der Waals surface area contributed by atoms with Crippen molar-refractivity contribution in [3.8, 4) is 0 Å². The van der Waals surface area contributed by atoms with E-state index in [4.69, 9.17) is 10.8 Å². The fourth-order valence-electron chi connectivity index (χ4n) is 2.22. The summed E-state index contributed by atoms with van der Waals surface area (Å²) in [6, 6.07) is 5.24. The first-order valence-corrected chi connectivity index (χ1v) is 6.10. The van der Waals surface area contributed by atoms with Crippen LogP contribution in [0.5, 0.6) is 0 Å². The van der Waals surface area contributed by atoms with Crippen LogP contribution in [0.2, 0.25) is 0 Å². The summed E-state index contributed by atoms with van der Waals surface area (Å²) in [5.41, 5.74) is 6.84. The van der Waals surface area contributed by atoms with Crippen LogP contribution < -0.4 is 5.73 Å². The number of rotatable bonds is 5. The van der Waals surface area contributed by atoms with Crippen molar-refractivity contribution in [3.63, 3.8) is 0 Å². The van der Waals surface area contributed by atoms with E-state index in [1.807, 2.05) is 0 Å². The van der Waals surface area contributed by atoms with E-state index < -0.39 is 0 Å². The number of nitrogen functional groups attached to an aromatic ring is 1. The maximum atomic E-state index is 13.7. The zero-order valence-corrected chi connectivity index (χ0v) is 9.90. The number of nitrogens with two attached hydrogens (primary N) is 1. The quantitative estimate of drug-likeness (QED) is 0.768. The lowest BCUT2D eigenvalue weighted by molar-refractivity contribution is 0.0937. The van der Waals surface area contributed by atoms with Crippen LogP contribution in [0.15, 0.2) is 18.2 Å². The Labute approximate surface area is 101 Å². The number of benzene rings is 1. The zero-order chi connectivity index (χ0) is 12.3. The van der Waals surface area contributed by atoms with Crippen molar-refractivity contribution >= 4 is 5.69 Å². The van der Waals surface area contributed by atoms with Crippen LogP contribution >= 0.6 is 0 Å². The van der Waals surface area contributed by atoms with E-state index in [1.165, 1.54) is 12.5 Å². The van der Waals surface area contributed by atoms with Gasteiger partial charge < -0.3 is 10.8 Å². The van der Waals surface area contributed by atoms with Crippen LogP contribution in [0.4, 0.5) is 10.1 Å². The van der Waals surface area contributed by atoms with Gasteiger partial charge >= 0.3 is 0 Å². The smallest absolute Gasteiger partial charge is 0.129 e. The van der Waals surface area contributed by atoms with E-state index in [9.17, 15) is 4.39 Å². The van der Waals surface area contributed by atoms with Crippen molar-refractivity contribution in [1.29, 1.82) is 0 Å². The SMILES string of the molecule is Nc1cccc(F)c1CN(CCO)C1CCC1. The van der Waals surface area contributed by atoms with E-state index in [-0.39, 0.29) is 12.4 Å². The van der Waals surface area contributed by atoms with Crippen molar-refractivity contribution in [2.24, 2.45) is 0 Å².